The van der Waals surface area contributed by atoms with Gasteiger partial charge in [0.1, 0.15) is 17.7 Å². The van der Waals surface area contributed by atoms with E-state index in [1.807, 2.05) is 0 Å². The zero-order valence-electron chi connectivity index (χ0n) is 18.0. The van der Waals surface area contributed by atoms with Crippen LogP contribution >= 0.6 is 11.3 Å². The summed E-state index contributed by atoms with van der Waals surface area (Å²) >= 11 is 1.68. The molecule has 1 aliphatic carbocycles. The average Bonchev–Trinajstić information content (AvgIpc) is 3.30. The maximum atomic E-state index is 12.9. The zero-order chi connectivity index (χ0) is 22.4. The molecule has 1 N–H and O–H groups in total. The van der Waals surface area contributed by atoms with Crippen LogP contribution in [0.4, 0.5) is 5.69 Å². The first kappa shape index (κ1) is 20.5. The van der Waals surface area contributed by atoms with Crippen molar-refractivity contribution in [2.75, 3.05) is 19.5 Å². The number of fused-ring (bicyclic) bond motifs is 5. The molecular formula is C22H23N5O4S. The van der Waals surface area contributed by atoms with Crippen molar-refractivity contribution in [1.82, 2.24) is 19.2 Å². The molecule has 32 heavy (non-hydrogen) atoms. The molecule has 1 unspecified atom stereocenters. The van der Waals surface area contributed by atoms with Crippen LogP contribution in [0.2, 0.25) is 0 Å². The summed E-state index contributed by atoms with van der Waals surface area (Å²) in [6.45, 7) is 2.05. The predicted octanol–water partition coefficient (Wildman–Crippen LogP) is 2.89. The maximum absolute atomic E-state index is 12.9. The van der Waals surface area contributed by atoms with Gasteiger partial charge >= 0.3 is 5.69 Å². The zero-order valence-corrected chi connectivity index (χ0v) is 18.9. The summed E-state index contributed by atoms with van der Waals surface area (Å²) in [5.74, 6) is 1.34. The summed E-state index contributed by atoms with van der Waals surface area (Å²) in [6.07, 6.45) is 4.60. The number of ether oxygens (including phenoxy) is 2. The fourth-order valence-electron chi connectivity index (χ4n) is 4.22. The summed E-state index contributed by atoms with van der Waals surface area (Å²) in [5.41, 5.74) is 1.95. The number of nitrogens with one attached hydrogen (secondary N) is 1. The molecule has 0 radical (unpaired) electrons. The molecule has 10 heteroatoms. The third-order valence-electron chi connectivity index (χ3n) is 5.84. The number of thiophene rings is 1. The molecular weight excluding hydrogens is 430 g/mol. The number of anilines is 1. The standard InChI is InChI=1S/C22H23N5O4S/c1-12-4-6-14-17(8-12)32-21-19(14)20-25-27(22(29)26(20)11-23-21)10-18(28)24-13-5-7-15(30-2)16(9-13)31-3/h5,7,9,11-12H,4,6,8,10H2,1-3H3,(H,24,28). The van der Waals surface area contributed by atoms with Crippen molar-refractivity contribution in [3.05, 3.63) is 45.5 Å². The minimum Gasteiger partial charge on any atom is -0.493 e. The first-order chi connectivity index (χ1) is 15.5. The van der Waals surface area contributed by atoms with Gasteiger partial charge < -0.3 is 14.8 Å². The van der Waals surface area contributed by atoms with E-state index < -0.39 is 0 Å². The lowest BCUT2D eigenvalue weighted by Crippen LogP contribution is -2.28. The molecule has 3 heterocycles. The third-order valence-corrected chi connectivity index (χ3v) is 7.00. The Morgan fingerprint density at radius 2 is 2.09 bits per heavy atom. The van der Waals surface area contributed by atoms with E-state index in [1.165, 1.54) is 33.0 Å². The molecule has 0 spiro atoms. The molecule has 3 aromatic heterocycles. The van der Waals surface area contributed by atoms with Crippen LogP contribution in [-0.4, -0.2) is 39.3 Å². The van der Waals surface area contributed by atoms with Crippen molar-refractivity contribution >= 4 is 38.8 Å². The van der Waals surface area contributed by atoms with Crippen LogP contribution in [0.5, 0.6) is 11.5 Å². The fraction of sp³-hybridized carbons (Fsp3) is 0.364. The Kier molecular flexibility index (Phi) is 5.09. The number of methoxy groups -OCH3 is 2. The van der Waals surface area contributed by atoms with E-state index in [-0.39, 0.29) is 18.1 Å². The van der Waals surface area contributed by atoms with Crippen molar-refractivity contribution in [3.63, 3.8) is 0 Å². The molecule has 166 valence electrons. The number of hydrogen-bond donors (Lipinski definition) is 1. The van der Waals surface area contributed by atoms with E-state index >= 15 is 0 Å². The van der Waals surface area contributed by atoms with E-state index in [0.29, 0.717) is 28.8 Å². The molecule has 0 fully saturated rings. The minimum atomic E-state index is -0.388. The number of carbonyl (C=O) groups is 1. The van der Waals surface area contributed by atoms with Crippen molar-refractivity contribution in [3.8, 4) is 11.5 Å². The number of benzene rings is 1. The summed E-state index contributed by atoms with van der Waals surface area (Å²) < 4.78 is 13.1. The van der Waals surface area contributed by atoms with Crippen LogP contribution in [0.25, 0.3) is 15.9 Å². The van der Waals surface area contributed by atoms with Gasteiger partial charge in [-0.25, -0.2) is 18.9 Å². The smallest absolute Gasteiger partial charge is 0.352 e. The van der Waals surface area contributed by atoms with Gasteiger partial charge in [-0.2, -0.15) is 0 Å². The molecule has 1 atom stereocenters. The van der Waals surface area contributed by atoms with Crippen molar-refractivity contribution in [2.24, 2.45) is 5.92 Å². The molecule has 5 rings (SSSR count). The second kappa shape index (κ2) is 7.94. The SMILES string of the molecule is COc1ccc(NC(=O)Cn2nc3c4c5c(sc4ncn3c2=O)CC(C)CC5)cc1OC. The van der Waals surface area contributed by atoms with Crippen molar-refractivity contribution in [2.45, 2.75) is 32.7 Å². The molecule has 1 aromatic carbocycles. The number of aromatic nitrogens is 4. The Morgan fingerprint density at radius 1 is 1.28 bits per heavy atom. The molecule has 0 saturated carbocycles. The Hall–Kier alpha value is -3.40. The topological polar surface area (TPSA) is 99.7 Å². The summed E-state index contributed by atoms with van der Waals surface area (Å²) in [6, 6.07) is 5.07. The van der Waals surface area contributed by atoms with E-state index in [1.54, 1.807) is 36.6 Å². The molecule has 0 aliphatic heterocycles. The van der Waals surface area contributed by atoms with Crippen LogP contribution in [-0.2, 0) is 24.2 Å². The quantitative estimate of drug-likeness (QED) is 0.499. The summed E-state index contributed by atoms with van der Waals surface area (Å²) in [5, 5.41) is 8.23. The maximum Gasteiger partial charge on any atom is 0.352 e. The number of hydrogen-bond acceptors (Lipinski definition) is 7. The Balaban J connectivity index is 1.46. The van der Waals surface area contributed by atoms with E-state index in [4.69, 9.17) is 9.47 Å². The lowest BCUT2D eigenvalue weighted by molar-refractivity contribution is -0.117. The number of aryl methyl sites for hydroxylation is 1. The highest BCUT2D eigenvalue weighted by atomic mass is 32.1. The number of nitrogens with zero attached hydrogens (tertiary/aromatic N) is 4. The number of rotatable bonds is 5. The minimum absolute atomic E-state index is 0.209. The van der Waals surface area contributed by atoms with Crippen LogP contribution in [0.3, 0.4) is 0 Å². The van der Waals surface area contributed by atoms with Gasteiger partial charge in [0.05, 0.1) is 19.6 Å². The van der Waals surface area contributed by atoms with Gasteiger partial charge in [0.25, 0.3) is 0 Å². The highest BCUT2D eigenvalue weighted by Gasteiger charge is 2.24. The lowest BCUT2D eigenvalue weighted by atomic mass is 9.89. The van der Waals surface area contributed by atoms with Gasteiger partial charge in [-0.1, -0.05) is 6.92 Å². The average molecular weight is 454 g/mol. The van der Waals surface area contributed by atoms with Gasteiger partial charge in [-0.15, -0.1) is 16.4 Å². The van der Waals surface area contributed by atoms with Gasteiger partial charge in [0.2, 0.25) is 5.91 Å². The van der Waals surface area contributed by atoms with Crippen LogP contribution < -0.4 is 20.5 Å². The Bertz CT molecular complexity index is 1400. The first-order valence-electron chi connectivity index (χ1n) is 10.4. The molecule has 0 bridgehead atoms. The monoisotopic (exact) mass is 453 g/mol. The van der Waals surface area contributed by atoms with Gasteiger partial charge in [-0.05, 0) is 42.9 Å². The van der Waals surface area contributed by atoms with Crippen molar-refractivity contribution in [1.29, 1.82) is 0 Å². The van der Waals surface area contributed by atoms with E-state index in [2.05, 4.69) is 22.3 Å². The normalized spacial score (nSPS) is 15.7. The second-order valence-corrected chi connectivity index (χ2v) is 9.11. The van der Waals surface area contributed by atoms with Crippen molar-refractivity contribution < 1.29 is 14.3 Å². The summed E-state index contributed by atoms with van der Waals surface area (Å²) in [4.78, 5) is 32.3. The molecule has 1 amide bonds. The fourth-order valence-corrected chi connectivity index (χ4v) is 5.56. The van der Waals surface area contributed by atoms with E-state index in [9.17, 15) is 9.59 Å². The molecule has 0 saturated heterocycles. The number of carbonyl (C=O) groups excluding carboxylic acids is 1. The molecule has 4 aromatic rings. The first-order valence-corrected chi connectivity index (χ1v) is 11.2. The van der Waals surface area contributed by atoms with Gasteiger partial charge in [0.15, 0.2) is 17.1 Å². The highest BCUT2D eigenvalue weighted by Crippen LogP contribution is 2.38. The molecule has 9 nitrogen and oxygen atoms in total. The largest absolute Gasteiger partial charge is 0.493 e. The van der Waals surface area contributed by atoms with Gasteiger partial charge in [0, 0.05) is 16.6 Å². The van der Waals surface area contributed by atoms with Crippen LogP contribution in [0, 0.1) is 5.92 Å². The Morgan fingerprint density at radius 3 is 2.88 bits per heavy atom. The van der Waals surface area contributed by atoms with E-state index in [0.717, 1.165) is 29.5 Å². The predicted molar refractivity (Wildman–Crippen MR) is 122 cm³/mol. The van der Waals surface area contributed by atoms with Gasteiger partial charge in [-0.3, -0.25) is 4.79 Å². The second-order valence-electron chi connectivity index (χ2n) is 8.03. The van der Waals surface area contributed by atoms with Crippen LogP contribution in [0.15, 0.2) is 29.3 Å². The third kappa shape index (κ3) is 3.40. The number of amides is 1. The molecule has 1 aliphatic rings. The summed E-state index contributed by atoms with van der Waals surface area (Å²) in [7, 11) is 3.07. The lowest BCUT2D eigenvalue weighted by Gasteiger charge is -2.17. The Labute approximate surface area is 187 Å². The van der Waals surface area contributed by atoms with Crippen LogP contribution in [0.1, 0.15) is 23.8 Å². The highest BCUT2D eigenvalue weighted by molar-refractivity contribution is 7.19.